The maximum Gasteiger partial charge on any atom is 0.331 e. The van der Waals surface area contributed by atoms with Crippen molar-refractivity contribution < 1.29 is 24.2 Å². The monoisotopic (exact) mass is 417 g/mol. The number of hydrogen-bond donors (Lipinski definition) is 4. The van der Waals surface area contributed by atoms with Crippen molar-refractivity contribution in [2.75, 3.05) is 0 Å². The highest BCUT2D eigenvalue weighted by molar-refractivity contribution is 5.87. The molecule has 0 saturated carbocycles. The first kappa shape index (κ1) is 23.4. The van der Waals surface area contributed by atoms with Gasteiger partial charge < -0.3 is 25.8 Å². The molecular formula is C22H31N3O5. The van der Waals surface area contributed by atoms with Gasteiger partial charge in [-0.3, -0.25) is 4.79 Å². The van der Waals surface area contributed by atoms with Crippen molar-refractivity contribution >= 4 is 17.9 Å². The highest BCUT2D eigenvalue weighted by Crippen LogP contribution is 2.24. The van der Waals surface area contributed by atoms with Gasteiger partial charge in [-0.05, 0) is 24.5 Å². The van der Waals surface area contributed by atoms with E-state index in [0.717, 1.165) is 18.4 Å². The third-order valence-electron chi connectivity index (χ3n) is 5.11. The van der Waals surface area contributed by atoms with E-state index in [0.29, 0.717) is 6.54 Å². The number of carboxylic acids is 1. The summed E-state index contributed by atoms with van der Waals surface area (Å²) >= 11 is 0. The molecule has 0 bridgehead atoms. The summed E-state index contributed by atoms with van der Waals surface area (Å²) in [5, 5.41) is 18.0. The topological polar surface area (TPSA) is 117 Å². The van der Waals surface area contributed by atoms with Crippen molar-refractivity contribution in [2.24, 2.45) is 0 Å². The van der Waals surface area contributed by atoms with E-state index in [1.54, 1.807) is 6.08 Å². The second-order valence-electron chi connectivity index (χ2n) is 7.39. The van der Waals surface area contributed by atoms with E-state index < -0.39 is 30.2 Å². The molecule has 8 heteroatoms. The lowest BCUT2D eigenvalue weighted by Gasteiger charge is -2.38. The van der Waals surface area contributed by atoms with Crippen molar-refractivity contribution in [3.05, 3.63) is 47.5 Å². The first-order chi connectivity index (χ1) is 14.3. The van der Waals surface area contributed by atoms with E-state index in [-0.39, 0.29) is 24.0 Å². The van der Waals surface area contributed by atoms with Crippen molar-refractivity contribution in [3.8, 4) is 0 Å². The molecule has 1 aromatic carbocycles. The minimum absolute atomic E-state index is 0.0804. The summed E-state index contributed by atoms with van der Waals surface area (Å²) in [6.45, 7) is 5.69. The molecule has 0 radical (unpaired) electrons. The molecule has 3 atom stereocenters. The standard InChI is InChI=1S/C22H31N3O5/c1-4-17(5-2)30-19-12-16(21(27)28)11-18(20(19)24-14(3)26)25-22(29)23-13-15-9-7-6-8-10-15/h6-10,12,17-20H,4-5,11,13H2,1-3H3,(H,24,26)(H,27,28)(H2,23,25,29)/t18-,19+,20+/m0/s1. The lowest BCUT2D eigenvalue weighted by Crippen LogP contribution is -2.60. The van der Waals surface area contributed by atoms with Crippen molar-refractivity contribution in [1.29, 1.82) is 0 Å². The van der Waals surface area contributed by atoms with Crippen LogP contribution in [0, 0.1) is 0 Å². The molecule has 8 nitrogen and oxygen atoms in total. The minimum atomic E-state index is -1.06. The Morgan fingerprint density at radius 1 is 1.13 bits per heavy atom. The van der Waals surface area contributed by atoms with Crippen LogP contribution in [0.4, 0.5) is 4.79 Å². The Morgan fingerprint density at radius 3 is 2.37 bits per heavy atom. The SMILES string of the molecule is CCC(CC)O[C@@H]1C=C(C(=O)O)C[C@H](NC(=O)NCc2ccccc2)[C@H]1NC(C)=O. The quantitative estimate of drug-likeness (QED) is 0.492. The van der Waals surface area contributed by atoms with E-state index in [9.17, 15) is 19.5 Å². The summed E-state index contributed by atoms with van der Waals surface area (Å²) in [7, 11) is 0. The average Bonchev–Trinajstić information content (AvgIpc) is 2.72. The summed E-state index contributed by atoms with van der Waals surface area (Å²) in [6.07, 6.45) is 2.40. The third-order valence-corrected chi connectivity index (χ3v) is 5.11. The maximum atomic E-state index is 12.5. The molecule has 0 fully saturated rings. The van der Waals surface area contributed by atoms with Crippen LogP contribution in [0.2, 0.25) is 0 Å². The van der Waals surface area contributed by atoms with E-state index in [4.69, 9.17) is 4.74 Å². The molecule has 1 aliphatic rings. The van der Waals surface area contributed by atoms with Crippen molar-refractivity contribution in [1.82, 2.24) is 16.0 Å². The van der Waals surface area contributed by atoms with Gasteiger partial charge in [0.25, 0.3) is 0 Å². The Labute approximate surface area is 177 Å². The molecule has 0 aliphatic heterocycles. The lowest BCUT2D eigenvalue weighted by atomic mass is 9.87. The van der Waals surface area contributed by atoms with Gasteiger partial charge in [-0.15, -0.1) is 0 Å². The van der Waals surface area contributed by atoms with Gasteiger partial charge in [0, 0.05) is 25.5 Å². The number of ether oxygens (including phenoxy) is 1. The predicted molar refractivity (Wildman–Crippen MR) is 113 cm³/mol. The van der Waals surface area contributed by atoms with Crippen LogP contribution in [0.15, 0.2) is 42.0 Å². The first-order valence-electron chi connectivity index (χ1n) is 10.3. The summed E-state index contributed by atoms with van der Waals surface area (Å²) in [4.78, 5) is 36.0. The second kappa shape index (κ2) is 11.3. The van der Waals surface area contributed by atoms with Gasteiger partial charge in [0.15, 0.2) is 0 Å². The maximum absolute atomic E-state index is 12.5. The van der Waals surface area contributed by atoms with Gasteiger partial charge in [-0.2, -0.15) is 0 Å². The van der Waals surface area contributed by atoms with E-state index in [2.05, 4.69) is 16.0 Å². The number of amides is 3. The highest BCUT2D eigenvalue weighted by atomic mass is 16.5. The van der Waals surface area contributed by atoms with Gasteiger partial charge >= 0.3 is 12.0 Å². The summed E-state index contributed by atoms with van der Waals surface area (Å²) in [6, 6.07) is 7.81. The van der Waals surface area contributed by atoms with E-state index in [1.807, 2.05) is 44.2 Å². The number of nitrogens with one attached hydrogen (secondary N) is 3. The van der Waals surface area contributed by atoms with Crippen LogP contribution < -0.4 is 16.0 Å². The molecule has 0 saturated heterocycles. The molecule has 3 amide bonds. The Bertz CT molecular complexity index is 761. The minimum Gasteiger partial charge on any atom is -0.478 e. The molecule has 1 aliphatic carbocycles. The zero-order valence-electron chi connectivity index (χ0n) is 17.7. The number of benzene rings is 1. The van der Waals surface area contributed by atoms with Gasteiger partial charge in [0.1, 0.15) is 0 Å². The Balaban J connectivity index is 2.16. The fraction of sp³-hybridized carbons (Fsp3) is 0.500. The number of hydrogen-bond acceptors (Lipinski definition) is 4. The second-order valence-corrected chi connectivity index (χ2v) is 7.39. The number of carbonyl (C=O) groups excluding carboxylic acids is 2. The predicted octanol–water partition coefficient (Wildman–Crippen LogP) is 2.35. The Kier molecular flexibility index (Phi) is 8.86. The first-order valence-corrected chi connectivity index (χ1v) is 10.3. The molecule has 2 rings (SSSR count). The van der Waals surface area contributed by atoms with Crippen LogP contribution in [0.1, 0.15) is 45.6 Å². The molecule has 0 spiro atoms. The third kappa shape index (κ3) is 6.88. The highest BCUT2D eigenvalue weighted by Gasteiger charge is 2.38. The van der Waals surface area contributed by atoms with E-state index in [1.165, 1.54) is 6.92 Å². The normalized spacial score (nSPS) is 20.9. The molecular weight excluding hydrogens is 386 g/mol. The molecule has 30 heavy (non-hydrogen) atoms. The summed E-state index contributed by atoms with van der Waals surface area (Å²) in [5.74, 6) is -1.34. The van der Waals surface area contributed by atoms with E-state index >= 15 is 0 Å². The number of carboxylic acid groups (broad SMARTS) is 1. The van der Waals surface area contributed by atoms with Crippen molar-refractivity contribution in [3.63, 3.8) is 0 Å². The van der Waals surface area contributed by atoms with Crippen LogP contribution in [-0.4, -0.2) is 47.3 Å². The Morgan fingerprint density at radius 2 is 1.80 bits per heavy atom. The van der Waals surface area contributed by atoms with Crippen LogP contribution in [0.3, 0.4) is 0 Å². The van der Waals surface area contributed by atoms with Crippen LogP contribution >= 0.6 is 0 Å². The molecule has 0 heterocycles. The Hall–Kier alpha value is -2.87. The van der Waals surface area contributed by atoms with Crippen molar-refractivity contribution in [2.45, 2.75) is 70.9 Å². The zero-order valence-corrected chi connectivity index (χ0v) is 17.7. The molecule has 1 aromatic rings. The molecule has 164 valence electrons. The number of carbonyl (C=O) groups is 3. The molecule has 0 unspecified atom stereocenters. The summed E-state index contributed by atoms with van der Waals surface area (Å²) < 4.78 is 6.10. The fourth-order valence-corrected chi connectivity index (χ4v) is 3.50. The van der Waals surface area contributed by atoms with Gasteiger partial charge in [0.2, 0.25) is 5.91 Å². The van der Waals surface area contributed by atoms with Crippen LogP contribution in [0.25, 0.3) is 0 Å². The van der Waals surface area contributed by atoms with Crippen LogP contribution in [-0.2, 0) is 20.9 Å². The largest absolute Gasteiger partial charge is 0.478 e. The van der Waals surface area contributed by atoms with Gasteiger partial charge in [0.05, 0.1) is 24.3 Å². The average molecular weight is 418 g/mol. The number of aliphatic carboxylic acids is 1. The molecule has 0 aromatic heterocycles. The smallest absolute Gasteiger partial charge is 0.331 e. The lowest BCUT2D eigenvalue weighted by molar-refractivity contribution is -0.133. The molecule has 4 N–H and O–H groups in total. The number of rotatable bonds is 9. The van der Waals surface area contributed by atoms with Gasteiger partial charge in [-0.25, -0.2) is 9.59 Å². The van der Waals surface area contributed by atoms with Gasteiger partial charge in [-0.1, -0.05) is 44.2 Å². The fourth-order valence-electron chi connectivity index (χ4n) is 3.50. The summed E-state index contributed by atoms with van der Waals surface area (Å²) in [5.41, 5.74) is 1.09. The zero-order chi connectivity index (χ0) is 22.1. The van der Waals surface area contributed by atoms with Crippen LogP contribution in [0.5, 0.6) is 0 Å². The number of urea groups is 1.